The number of nitrogens with zero attached hydrogens (tertiary/aromatic N) is 2. The molecule has 0 bridgehead atoms. The van der Waals surface area contributed by atoms with Gasteiger partial charge in [-0.25, -0.2) is 9.97 Å². The third kappa shape index (κ3) is 3.37. The van der Waals surface area contributed by atoms with E-state index in [4.69, 9.17) is 5.73 Å². The highest BCUT2D eigenvalue weighted by molar-refractivity contribution is 5.41. The van der Waals surface area contributed by atoms with Crippen LogP contribution in [0.5, 0.6) is 0 Å². The molecule has 7 heteroatoms. The number of hydrogen-bond acceptors (Lipinski definition) is 4. The van der Waals surface area contributed by atoms with Crippen LogP contribution in [0.25, 0.3) is 0 Å². The minimum absolute atomic E-state index is 0.0656. The van der Waals surface area contributed by atoms with Gasteiger partial charge in [-0.3, -0.25) is 0 Å². The summed E-state index contributed by atoms with van der Waals surface area (Å²) in [6.07, 6.45) is -3.41. The van der Waals surface area contributed by atoms with Gasteiger partial charge in [0.05, 0.1) is 6.04 Å². The average molecular weight is 282 g/mol. The molecule has 0 spiro atoms. The van der Waals surface area contributed by atoms with Gasteiger partial charge in [-0.2, -0.15) is 13.2 Å². The molecule has 4 nitrogen and oxygen atoms in total. The first kappa shape index (κ1) is 14.1. The molecule has 1 atom stereocenters. The molecule has 0 amide bonds. The van der Waals surface area contributed by atoms with Gasteiger partial charge in [-0.1, -0.05) is 12.1 Å². The molecule has 0 aliphatic heterocycles. The quantitative estimate of drug-likeness (QED) is 0.848. The number of halogens is 3. The van der Waals surface area contributed by atoms with E-state index in [2.05, 4.69) is 15.3 Å². The number of nitrogen functional groups attached to an aromatic ring is 1. The molecular formula is C13H13F3N4. The zero-order valence-corrected chi connectivity index (χ0v) is 10.6. The average Bonchev–Trinajstić information content (AvgIpc) is 2.38. The minimum Gasteiger partial charge on any atom is -0.399 e. The van der Waals surface area contributed by atoms with Crippen LogP contribution in [0.15, 0.2) is 36.5 Å². The third-order valence-corrected chi connectivity index (χ3v) is 2.73. The first-order valence-corrected chi connectivity index (χ1v) is 5.88. The van der Waals surface area contributed by atoms with Gasteiger partial charge in [-0.05, 0) is 30.7 Å². The fourth-order valence-electron chi connectivity index (χ4n) is 1.65. The molecule has 20 heavy (non-hydrogen) atoms. The van der Waals surface area contributed by atoms with Crippen molar-refractivity contribution < 1.29 is 13.2 Å². The van der Waals surface area contributed by atoms with Crippen molar-refractivity contribution in [3.8, 4) is 0 Å². The Morgan fingerprint density at radius 3 is 2.40 bits per heavy atom. The maximum Gasteiger partial charge on any atom is 0.433 e. The first-order valence-electron chi connectivity index (χ1n) is 5.88. The summed E-state index contributed by atoms with van der Waals surface area (Å²) < 4.78 is 37.6. The van der Waals surface area contributed by atoms with E-state index in [0.29, 0.717) is 5.69 Å². The lowest BCUT2D eigenvalue weighted by molar-refractivity contribution is -0.141. The lowest BCUT2D eigenvalue weighted by Gasteiger charge is -2.15. The van der Waals surface area contributed by atoms with E-state index in [-0.39, 0.29) is 12.0 Å². The van der Waals surface area contributed by atoms with Crippen molar-refractivity contribution in [3.63, 3.8) is 0 Å². The van der Waals surface area contributed by atoms with Crippen LogP contribution in [0, 0.1) is 0 Å². The fourth-order valence-corrected chi connectivity index (χ4v) is 1.65. The summed E-state index contributed by atoms with van der Waals surface area (Å²) in [6, 6.07) is 7.63. The van der Waals surface area contributed by atoms with Crippen LogP contribution < -0.4 is 11.1 Å². The van der Waals surface area contributed by atoms with Crippen LogP contribution in [0.2, 0.25) is 0 Å². The maximum absolute atomic E-state index is 12.5. The van der Waals surface area contributed by atoms with Crippen molar-refractivity contribution in [3.05, 3.63) is 47.8 Å². The molecule has 2 aromatic rings. The first-order chi connectivity index (χ1) is 9.36. The number of nitrogens with one attached hydrogen (secondary N) is 1. The Bertz CT molecular complexity index is 581. The van der Waals surface area contributed by atoms with Crippen molar-refractivity contribution >= 4 is 11.6 Å². The second kappa shape index (κ2) is 5.36. The smallest absolute Gasteiger partial charge is 0.399 e. The van der Waals surface area contributed by atoms with Crippen LogP contribution in [0.4, 0.5) is 24.8 Å². The molecular weight excluding hydrogens is 269 g/mol. The van der Waals surface area contributed by atoms with E-state index >= 15 is 0 Å². The summed E-state index contributed by atoms with van der Waals surface area (Å²) in [5, 5.41) is 2.83. The van der Waals surface area contributed by atoms with Gasteiger partial charge in [0.2, 0.25) is 5.95 Å². The zero-order chi connectivity index (χ0) is 14.8. The summed E-state index contributed by atoms with van der Waals surface area (Å²) in [5.74, 6) is -0.0656. The Hall–Kier alpha value is -2.31. The van der Waals surface area contributed by atoms with Crippen molar-refractivity contribution in [2.45, 2.75) is 19.1 Å². The summed E-state index contributed by atoms with van der Waals surface area (Å²) >= 11 is 0. The van der Waals surface area contributed by atoms with Crippen molar-refractivity contribution in [1.82, 2.24) is 9.97 Å². The monoisotopic (exact) mass is 282 g/mol. The number of nitrogens with two attached hydrogens (primary N) is 1. The zero-order valence-electron chi connectivity index (χ0n) is 10.6. The summed E-state index contributed by atoms with van der Waals surface area (Å²) in [6.45, 7) is 1.80. The summed E-state index contributed by atoms with van der Waals surface area (Å²) in [4.78, 5) is 7.24. The standard InChI is InChI=1S/C13H13F3N4/c1-8(9-2-4-10(17)5-3-9)19-12-18-7-6-11(20-12)13(14,15)16/h2-8H,17H2,1H3,(H,18,19,20). The summed E-state index contributed by atoms with van der Waals surface area (Å²) in [5.41, 5.74) is 6.10. The largest absolute Gasteiger partial charge is 0.433 e. The van der Waals surface area contributed by atoms with E-state index in [1.54, 1.807) is 31.2 Å². The van der Waals surface area contributed by atoms with Gasteiger partial charge in [0, 0.05) is 11.9 Å². The fraction of sp³-hybridized carbons (Fsp3) is 0.231. The van der Waals surface area contributed by atoms with E-state index in [1.807, 2.05) is 0 Å². The highest BCUT2D eigenvalue weighted by Gasteiger charge is 2.32. The molecule has 0 aliphatic rings. The predicted octanol–water partition coefficient (Wildman–Crippen LogP) is 3.25. The molecule has 1 unspecified atom stereocenters. The molecule has 0 saturated heterocycles. The molecule has 0 aliphatic carbocycles. The minimum atomic E-state index is -4.48. The summed E-state index contributed by atoms with van der Waals surface area (Å²) in [7, 11) is 0. The van der Waals surface area contributed by atoms with Gasteiger partial charge >= 0.3 is 6.18 Å². The number of rotatable bonds is 3. The van der Waals surface area contributed by atoms with Crippen molar-refractivity contribution in [1.29, 1.82) is 0 Å². The van der Waals surface area contributed by atoms with E-state index < -0.39 is 11.9 Å². The van der Waals surface area contributed by atoms with Gasteiger partial charge in [0.1, 0.15) is 5.69 Å². The lowest BCUT2D eigenvalue weighted by Crippen LogP contribution is -2.13. The van der Waals surface area contributed by atoms with E-state index in [9.17, 15) is 13.2 Å². The Morgan fingerprint density at radius 2 is 1.80 bits per heavy atom. The van der Waals surface area contributed by atoms with Crippen molar-refractivity contribution in [2.24, 2.45) is 0 Å². The third-order valence-electron chi connectivity index (χ3n) is 2.73. The molecule has 3 N–H and O–H groups in total. The van der Waals surface area contributed by atoms with Crippen LogP contribution in [-0.4, -0.2) is 9.97 Å². The molecule has 1 heterocycles. The number of anilines is 2. The molecule has 0 saturated carbocycles. The predicted molar refractivity (Wildman–Crippen MR) is 69.9 cm³/mol. The molecule has 2 rings (SSSR count). The Morgan fingerprint density at radius 1 is 1.15 bits per heavy atom. The number of alkyl halides is 3. The molecule has 0 radical (unpaired) electrons. The van der Waals surface area contributed by atoms with Crippen LogP contribution in [0.1, 0.15) is 24.2 Å². The second-order valence-corrected chi connectivity index (χ2v) is 4.30. The van der Waals surface area contributed by atoms with E-state index in [0.717, 1.165) is 17.8 Å². The SMILES string of the molecule is CC(Nc1nccc(C(F)(F)F)n1)c1ccc(N)cc1. The molecule has 1 aromatic carbocycles. The van der Waals surface area contributed by atoms with Crippen LogP contribution >= 0.6 is 0 Å². The Balaban J connectivity index is 2.15. The van der Waals surface area contributed by atoms with Gasteiger partial charge in [0.25, 0.3) is 0 Å². The number of benzene rings is 1. The number of hydrogen-bond donors (Lipinski definition) is 2. The molecule has 106 valence electrons. The highest BCUT2D eigenvalue weighted by atomic mass is 19.4. The Kier molecular flexibility index (Phi) is 3.78. The number of aromatic nitrogens is 2. The highest BCUT2D eigenvalue weighted by Crippen LogP contribution is 2.28. The van der Waals surface area contributed by atoms with Crippen molar-refractivity contribution in [2.75, 3.05) is 11.1 Å². The molecule has 1 aromatic heterocycles. The second-order valence-electron chi connectivity index (χ2n) is 4.30. The van der Waals surface area contributed by atoms with E-state index in [1.165, 1.54) is 0 Å². The van der Waals surface area contributed by atoms with Crippen LogP contribution in [0.3, 0.4) is 0 Å². The van der Waals surface area contributed by atoms with Gasteiger partial charge < -0.3 is 11.1 Å². The van der Waals surface area contributed by atoms with Gasteiger partial charge in [0.15, 0.2) is 0 Å². The topological polar surface area (TPSA) is 63.8 Å². The van der Waals surface area contributed by atoms with Gasteiger partial charge in [-0.15, -0.1) is 0 Å². The molecule has 0 fully saturated rings. The maximum atomic E-state index is 12.5. The normalized spacial score (nSPS) is 13.0. The Labute approximate surface area is 113 Å². The lowest BCUT2D eigenvalue weighted by atomic mass is 10.1. The van der Waals surface area contributed by atoms with Crippen LogP contribution in [-0.2, 0) is 6.18 Å².